The van der Waals surface area contributed by atoms with Gasteiger partial charge in [0.05, 0.1) is 11.4 Å². The van der Waals surface area contributed by atoms with Crippen LogP contribution in [0.15, 0.2) is 54.6 Å². The molecule has 186 valence electrons. The second-order valence-electron chi connectivity index (χ2n) is 9.85. The van der Waals surface area contributed by atoms with Crippen molar-refractivity contribution in [1.29, 1.82) is 0 Å². The highest BCUT2D eigenvalue weighted by molar-refractivity contribution is 6.30. The summed E-state index contributed by atoms with van der Waals surface area (Å²) in [7, 11) is 0. The summed E-state index contributed by atoms with van der Waals surface area (Å²) in [5.41, 5.74) is 3.14. The quantitative estimate of drug-likeness (QED) is 0.350. The number of carbonyl (C=O) groups excluding carboxylic acids is 2. The first-order valence-corrected chi connectivity index (χ1v) is 12.5. The maximum atomic E-state index is 13.2. The number of aromatic nitrogens is 2. The summed E-state index contributed by atoms with van der Waals surface area (Å²) < 4.78 is 1.77. The molecule has 0 aliphatic rings. The van der Waals surface area contributed by atoms with Crippen molar-refractivity contribution in [2.45, 2.75) is 59.3 Å². The van der Waals surface area contributed by atoms with Crippen LogP contribution < -0.4 is 5.32 Å². The van der Waals surface area contributed by atoms with Crippen molar-refractivity contribution in [1.82, 2.24) is 14.7 Å². The van der Waals surface area contributed by atoms with E-state index in [1.54, 1.807) is 33.8 Å². The summed E-state index contributed by atoms with van der Waals surface area (Å²) in [6.45, 7) is 10.8. The maximum absolute atomic E-state index is 13.2. The van der Waals surface area contributed by atoms with Crippen molar-refractivity contribution in [3.8, 4) is 5.69 Å². The highest BCUT2D eigenvalue weighted by Gasteiger charge is 2.24. The Hall–Kier alpha value is -3.12. The molecular weight excluding hydrogens is 460 g/mol. The van der Waals surface area contributed by atoms with Gasteiger partial charge in [-0.1, -0.05) is 70.3 Å². The lowest BCUT2D eigenvalue weighted by Crippen LogP contribution is -2.39. The van der Waals surface area contributed by atoms with Crippen molar-refractivity contribution in [2.75, 3.05) is 18.4 Å². The van der Waals surface area contributed by atoms with Gasteiger partial charge in [-0.25, -0.2) is 4.68 Å². The van der Waals surface area contributed by atoms with Crippen molar-refractivity contribution in [2.24, 2.45) is 0 Å². The minimum atomic E-state index is -0.265. The van der Waals surface area contributed by atoms with Crippen LogP contribution in [0.5, 0.6) is 0 Å². The molecule has 0 bridgehead atoms. The standard InChI is InChI=1S/C28H35ClN4O2/c1-6-7-10-17-32(27(35)21-13-15-22(29)16-14-21)19-26(34)30-25-18-24(28(3,4)5)31-33(25)23-12-9-8-11-20(23)2/h8-9,11-16,18H,6-7,10,17,19H2,1-5H3,(H,30,34). The Morgan fingerprint density at radius 1 is 1.06 bits per heavy atom. The molecular formula is C28H35ClN4O2. The van der Waals surface area contributed by atoms with E-state index >= 15 is 0 Å². The van der Waals surface area contributed by atoms with Crippen LogP contribution in [0.3, 0.4) is 0 Å². The number of nitrogens with zero attached hydrogens (tertiary/aromatic N) is 3. The molecule has 1 aromatic heterocycles. The number of benzene rings is 2. The lowest BCUT2D eigenvalue weighted by molar-refractivity contribution is -0.117. The molecule has 0 saturated carbocycles. The molecule has 2 amide bonds. The minimum absolute atomic E-state index is 0.0466. The molecule has 1 N–H and O–H groups in total. The van der Waals surface area contributed by atoms with E-state index in [1.165, 1.54) is 0 Å². The molecule has 0 atom stereocenters. The van der Waals surface area contributed by atoms with Gasteiger partial charge in [-0.05, 0) is 49.2 Å². The number of aryl methyl sites for hydroxylation is 1. The number of carbonyl (C=O) groups is 2. The molecule has 3 rings (SSSR count). The molecule has 0 unspecified atom stereocenters. The van der Waals surface area contributed by atoms with E-state index in [1.807, 2.05) is 37.3 Å². The van der Waals surface area contributed by atoms with Crippen LogP contribution in [-0.2, 0) is 10.2 Å². The van der Waals surface area contributed by atoms with Gasteiger partial charge in [-0.2, -0.15) is 5.10 Å². The predicted octanol–water partition coefficient (Wildman–Crippen LogP) is 6.40. The van der Waals surface area contributed by atoms with E-state index in [0.717, 1.165) is 36.2 Å². The fraction of sp³-hybridized carbons (Fsp3) is 0.393. The second-order valence-corrected chi connectivity index (χ2v) is 10.3. The van der Waals surface area contributed by atoms with Crippen LogP contribution in [-0.4, -0.2) is 39.6 Å². The molecule has 0 aliphatic carbocycles. The van der Waals surface area contributed by atoms with Gasteiger partial charge in [-0.15, -0.1) is 0 Å². The Kier molecular flexibility index (Phi) is 8.73. The normalized spacial score (nSPS) is 11.4. The summed E-state index contributed by atoms with van der Waals surface area (Å²) in [5.74, 6) is 0.136. The summed E-state index contributed by atoms with van der Waals surface area (Å²) in [5, 5.41) is 8.38. The fourth-order valence-corrected chi connectivity index (χ4v) is 3.88. The van der Waals surface area contributed by atoms with Crippen LogP contribution in [0.4, 0.5) is 5.82 Å². The Bertz CT molecular complexity index is 1160. The number of para-hydroxylation sites is 1. The van der Waals surface area contributed by atoms with Gasteiger partial charge < -0.3 is 10.2 Å². The highest BCUT2D eigenvalue weighted by atomic mass is 35.5. The zero-order valence-electron chi connectivity index (χ0n) is 21.3. The minimum Gasteiger partial charge on any atom is -0.329 e. The summed E-state index contributed by atoms with van der Waals surface area (Å²) in [4.78, 5) is 28.0. The van der Waals surface area contributed by atoms with Crippen LogP contribution in [0, 0.1) is 6.92 Å². The Balaban J connectivity index is 1.86. The predicted molar refractivity (Wildman–Crippen MR) is 143 cm³/mol. The molecule has 3 aromatic rings. The number of nitrogens with one attached hydrogen (secondary N) is 1. The zero-order chi connectivity index (χ0) is 25.6. The van der Waals surface area contributed by atoms with Crippen LogP contribution in [0.25, 0.3) is 5.69 Å². The Morgan fingerprint density at radius 3 is 2.37 bits per heavy atom. The first-order valence-electron chi connectivity index (χ1n) is 12.1. The average Bonchev–Trinajstić information content (AvgIpc) is 3.23. The Morgan fingerprint density at radius 2 is 1.74 bits per heavy atom. The van der Waals surface area contributed by atoms with Crippen LogP contribution >= 0.6 is 11.6 Å². The second kappa shape index (κ2) is 11.5. The summed E-state index contributed by atoms with van der Waals surface area (Å²) >= 11 is 5.99. The smallest absolute Gasteiger partial charge is 0.254 e. The topological polar surface area (TPSA) is 67.2 Å². The largest absolute Gasteiger partial charge is 0.329 e. The van der Waals surface area contributed by atoms with Crippen LogP contribution in [0.1, 0.15) is 68.6 Å². The van der Waals surface area contributed by atoms with Gasteiger partial charge in [0.1, 0.15) is 12.4 Å². The number of rotatable bonds is 9. The molecule has 0 saturated heterocycles. The van der Waals surface area contributed by atoms with E-state index in [4.69, 9.17) is 16.7 Å². The lowest BCUT2D eigenvalue weighted by atomic mass is 9.92. The van der Waals surface area contributed by atoms with Crippen molar-refractivity contribution in [3.63, 3.8) is 0 Å². The van der Waals surface area contributed by atoms with E-state index in [0.29, 0.717) is 22.9 Å². The van der Waals surface area contributed by atoms with Crippen molar-refractivity contribution < 1.29 is 9.59 Å². The first-order chi connectivity index (χ1) is 16.6. The molecule has 6 nitrogen and oxygen atoms in total. The lowest BCUT2D eigenvalue weighted by Gasteiger charge is -2.22. The maximum Gasteiger partial charge on any atom is 0.254 e. The number of hydrogen-bond donors (Lipinski definition) is 1. The summed E-state index contributed by atoms with van der Waals surface area (Å²) in [6, 6.07) is 16.6. The molecule has 0 fully saturated rings. The van der Waals surface area contributed by atoms with Gasteiger partial charge in [-0.3, -0.25) is 9.59 Å². The number of anilines is 1. The number of hydrogen-bond acceptors (Lipinski definition) is 3. The molecule has 35 heavy (non-hydrogen) atoms. The molecule has 2 aromatic carbocycles. The summed E-state index contributed by atoms with van der Waals surface area (Å²) in [6.07, 6.45) is 2.85. The van der Waals surface area contributed by atoms with Gasteiger partial charge in [0.2, 0.25) is 5.91 Å². The fourth-order valence-electron chi connectivity index (χ4n) is 3.76. The number of halogens is 1. The number of amides is 2. The van der Waals surface area contributed by atoms with E-state index in [2.05, 4.69) is 33.0 Å². The van der Waals surface area contributed by atoms with E-state index in [-0.39, 0.29) is 23.8 Å². The molecule has 0 radical (unpaired) electrons. The molecule has 1 heterocycles. The third kappa shape index (κ3) is 6.95. The molecule has 0 spiro atoms. The number of unbranched alkanes of at least 4 members (excludes halogenated alkanes) is 2. The molecule has 0 aliphatic heterocycles. The van der Waals surface area contributed by atoms with Crippen molar-refractivity contribution >= 4 is 29.2 Å². The van der Waals surface area contributed by atoms with Crippen molar-refractivity contribution in [3.05, 3.63) is 76.4 Å². The third-order valence-electron chi connectivity index (χ3n) is 5.83. The van der Waals surface area contributed by atoms with Gasteiger partial charge in [0, 0.05) is 28.6 Å². The SMILES string of the molecule is CCCCCN(CC(=O)Nc1cc(C(C)(C)C)nn1-c1ccccc1C)C(=O)c1ccc(Cl)cc1. The van der Waals surface area contributed by atoms with E-state index < -0.39 is 0 Å². The monoisotopic (exact) mass is 494 g/mol. The average molecular weight is 495 g/mol. The van der Waals surface area contributed by atoms with Gasteiger partial charge in [0.15, 0.2) is 0 Å². The zero-order valence-corrected chi connectivity index (χ0v) is 22.0. The highest BCUT2D eigenvalue weighted by Crippen LogP contribution is 2.27. The third-order valence-corrected chi connectivity index (χ3v) is 6.09. The first kappa shape index (κ1) is 26.5. The van der Waals surface area contributed by atoms with Gasteiger partial charge in [0.25, 0.3) is 5.91 Å². The Labute approximate surface area is 213 Å². The van der Waals surface area contributed by atoms with Gasteiger partial charge >= 0.3 is 0 Å². The van der Waals surface area contributed by atoms with E-state index in [9.17, 15) is 9.59 Å². The van der Waals surface area contributed by atoms with Crippen LogP contribution in [0.2, 0.25) is 5.02 Å². The molecule has 7 heteroatoms.